The highest BCUT2D eigenvalue weighted by atomic mass is 16.5. The van der Waals surface area contributed by atoms with Crippen molar-refractivity contribution in [2.24, 2.45) is 0 Å². The van der Waals surface area contributed by atoms with Gasteiger partial charge in [-0.3, -0.25) is 4.79 Å². The van der Waals surface area contributed by atoms with Crippen molar-refractivity contribution in [2.45, 2.75) is 39.4 Å². The van der Waals surface area contributed by atoms with Gasteiger partial charge in [-0.1, -0.05) is 6.92 Å². The zero-order valence-corrected chi connectivity index (χ0v) is 13.3. The zero-order chi connectivity index (χ0) is 16.1. The second-order valence-corrected chi connectivity index (χ2v) is 5.57. The van der Waals surface area contributed by atoms with Crippen LogP contribution in [0.2, 0.25) is 0 Å². The molecule has 0 saturated carbocycles. The molecule has 3 amide bonds. The minimum Gasteiger partial charge on any atom is -0.372 e. The van der Waals surface area contributed by atoms with Crippen LogP contribution >= 0.6 is 0 Å². The number of amides is 3. The van der Waals surface area contributed by atoms with E-state index >= 15 is 0 Å². The molecular formula is C16H23N3O3. The van der Waals surface area contributed by atoms with Crippen molar-refractivity contribution in [1.82, 2.24) is 4.90 Å². The fraction of sp³-hybridized carbons (Fsp3) is 0.500. The molecule has 1 aromatic carbocycles. The minimum absolute atomic E-state index is 0.0342. The molecule has 0 bridgehead atoms. The van der Waals surface area contributed by atoms with E-state index in [9.17, 15) is 9.59 Å². The summed E-state index contributed by atoms with van der Waals surface area (Å²) in [6, 6.07) is 6.96. The molecule has 1 aliphatic rings. The SMILES string of the molecule is CCC(=O)Nc1ccc(NC(=O)N2C[C@@H](C)O[C@H](C)C2)cc1. The van der Waals surface area contributed by atoms with E-state index in [1.165, 1.54) is 0 Å². The van der Waals surface area contributed by atoms with Crippen molar-refractivity contribution in [3.05, 3.63) is 24.3 Å². The van der Waals surface area contributed by atoms with Gasteiger partial charge in [-0.2, -0.15) is 0 Å². The Kier molecular flexibility index (Phi) is 5.38. The monoisotopic (exact) mass is 305 g/mol. The van der Waals surface area contributed by atoms with E-state index in [0.717, 1.165) is 5.69 Å². The Morgan fingerprint density at radius 3 is 2.09 bits per heavy atom. The topological polar surface area (TPSA) is 70.7 Å². The zero-order valence-electron chi connectivity index (χ0n) is 13.3. The van der Waals surface area contributed by atoms with Gasteiger partial charge in [0.2, 0.25) is 5.91 Å². The van der Waals surface area contributed by atoms with Gasteiger partial charge in [0.05, 0.1) is 12.2 Å². The number of carbonyl (C=O) groups excluding carboxylic acids is 2. The Morgan fingerprint density at radius 2 is 1.59 bits per heavy atom. The third kappa shape index (κ3) is 4.46. The molecule has 2 N–H and O–H groups in total. The lowest BCUT2D eigenvalue weighted by Crippen LogP contribution is -2.49. The molecule has 1 heterocycles. The fourth-order valence-electron chi connectivity index (χ4n) is 2.43. The maximum Gasteiger partial charge on any atom is 0.322 e. The first kappa shape index (κ1) is 16.3. The Bertz CT molecular complexity index is 520. The molecule has 22 heavy (non-hydrogen) atoms. The molecule has 0 aromatic heterocycles. The van der Waals surface area contributed by atoms with Gasteiger partial charge >= 0.3 is 6.03 Å². The molecule has 0 radical (unpaired) electrons. The summed E-state index contributed by atoms with van der Waals surface area (Å²) in [4.78, 5) is 25.3. The number of nitrogens with zero attached hydrogens (tertiary/aromatic N) is 1. The van der Waals surface area contributed by atoms with E-state index in [2.05, 4.69) is 10.6 Å². The van der Waals surface area contributed by atoms with Crippen molar-refractivity contribution in [3.8, 4) is 0 Å². The van der Waals surface area contributed by atoms with Gasteiger partial charge < -0.3 is 20.3 Å². The van der Waals surface area contributed by atoms with Gasteiger partial charge in [-0.05, 0) is 38.1 Å². The van der Waals surface area contributed by atoms with Crippen LogP contribution in [-0.2, 0) is 9.53 Å². The number of morpholine rings is 1. The van der Waals surface area contributed by atoms with Gasteiger partial charge in [0.1, 0.15) is 0 Å². The number of rotatable bonds is 3. The average molecular weight is 305 g/mol. The normalized spacial score (nSPS) is 21.3. The van der Waals surface area contributed by atoms with Crippen LogP contribution in [0.1, 0.15) is 27.2 Å². The maximum atomic E-state index is 12.3. The predicted molar refractivity (Wildman–Crippen MR) is 86.0 cm³/mol. The van der Waals surface area contributed by atoms with Crippen LogP contribution < -0.4 is 10.6 Å². The molecule has 1 saturated heterocycles. The second-order valence-electron chi connectivity index (χ2n) is 5.57. The molecule has 0 spiro atoms. The van der Waals surface area contributed by atoms with Gasteiger partial charge in [0, 0.05) is 30.9 Å². The number of ether oxygens (including phenoxy) is 1. The third-order valence-corrected chi connectivity index (χ3v) is 3.45. The molecule has 2 rings (SSSR count). The number of benzene rings is 1. The third-order valence-electron chi connectivity index (χ3n) is 3.45. The Hall–Kier alpha value is -2.08. The molecular weight excluding hydrogens is 282 g/mol. The van der Waals surface area contributed by atoms with Crippen LogP contribution in [0, 0.1) is 0 Å². The van der Waals surface area contributed by atoms with Gasteiger partial charge in [0.25, 0.3) is 0 Å². The Labute approximate surface area is 130 Å². The van der Waals surface area contributed by atoms with Crippen LogP contribution in [0.15, 0.2) is 24.3 Å². The van der Waals surface area contributed by atoms with Crippen LogP contribution in [0.25, 0.3) is 0 Å². The molecule has 1 aliphatic heterocycles. The van der Waals surface area contributed by atoms with Crippen LogP contribution in [0.4, 0.5) is 16.2 Å². The minimum atomic E-state index is -0.132. The summed E-state index contributed by atoms with van der Waals surface area (Å²) in [5, 5.41) is 5.63. The number of hydrogen-bond acceptors (Lipinski definition) is 3. The Balaban J connectivity index is 1.92. The molecule has 6 nitrogen and oxygen atoms in total. The lowest BCUT2D eigenvalue weighted by Gasteiger charge is -2.35. The van der Waals surface area contributed by atoms with E-state index in [-0.39, 0.29) is 24.1 Å². The molecule has 1 aromatic rings. The molecule has 1 fully saturated rings. The second kappa shape index (κ2) is 7.26. The smallest absolute Gasteiger partial charge is 0.322 e. The van der Waals surface area contributed by atoms with E-state index < -0.39 is 0 Å². The standard InChI is InChI=1S/C16H23N3O3/c1-4-15(20)17-13-5-7-14(8-6-13)18-16(21)19-9-11(2)22-12(3)10-19/h5-8,11-12H,4,9-10H2,1-3H3,(H,17,20)(H,18,21)/t11-,12-/m1/s1. The average Bonchev–Trinajstić information content (AvgIpc) is 2.48. The Morgan fingerprint density at radius 1 is 1.09 bits per heavy atom. The van der Waals surface area contributed by atoms with E-state index in [1.54, 1.807) is 36.1 Å². The molecule has 120 valence electrons. The van der Waals surface area contributed by atoms with Gasteiger partial charge in [0.15, 0.2) is 0 Å². The summed E-state index contributed by atoms with van der Waals surface area (Å²) in [5.41, 5.74) is 1.42. The molecule has 0 aliphatic carbocycles. The van der Waals surface area contributed by atoms with E-state index in [4.69, 9.17) is 4.74 Å². The lowest BCUT2D eigenvalue weighted by atomic mass is 10.2. The molecule has 2 atom stereocenters. The van der Waals surface area contributed by atoms with Crippen LogP contribution in [0.3, 0.4) is 0 Å². The first-order valence-corrected chi connectivity index (χ1v) is 7.59. The van der Waals surface area contributed by atoms with E-state index in [1.807, 2.05) is 13.8 Å². The highest BCUT2D eigenvalue weighted by Gasteiger charge is 2.25. The first-order valence-electron chi connectivity index (χ1n) is 7.59. The predicted octanol–water partition coefficient (Wildman–Crippen LogP) is 2.68. The summed E-state index contributed by atoms with van der Waals surface area (Å²) in [5.74, 6) is -0.0342. The summed E-state index contributed by atoms with van der Waals surface area (Å²) in [6.07, 6.45) is 0.522. The number of nitrogens with one attached hydrogen (secondary N) is 2. The van der Waals surface area contributed by atoms with Crippen molar-refractivity contribution < 1.29 is 14.3 Å². The highest BCUT2D eigenvalue weighted by Crippen LogP contribution is 2.16. The quantitative estimate of drug-likeness (QED) is 0.902. The first-order chi connectivity index (χ1) is 10.5. The van der Waals surface area contributed by atoms with E-state index in [0.29, 0.717) is 25.2 Å². The van der Waals surface area contributed by atoms with Gasteiger partial charge in [-0.15, -0.1) is 0 Å². The molecule has 6 heteroatoms. The number of carbonyl (C=O) groups is 2. The van der Waals surface area contributed by atoms with Crippen molar-refractivity contribution >= 4 is 23.3 Å². The summed E-state index contributed by atoms with van der Waals surface area (Å²) in [6.45, 7) is 6.89. The fourth-order valence-corrected chi connectivity index (χ4v) is 2.43. The lowest BCUT2D eigenvalue weighted by molar-refractivity contribution is -0.115. The van der Waals surface area contributed by atoms with Crippen LogP contribution in [-0.4, -0.2) is 42.1 Å². The maximum absolute atomic E-state index is 12.3. The summed E-state index contributed by atoms with van der Waals surface area (Å²) in [7, 11) is 0. The molecule has 0 unspecified atom stereocenters. The highest BCUT2D eigenvalue weighted by molar-refractivity contribution is 5.92. The largest absolute Gasteiger partial charge is 0.372 e. The number of urea groups is 1. The number of anilines is 2. The van der Waals surface area contributed by atoms with Crippen molar-refractivity contribution in [1.29, 1.82) is 0 Å². The summed E-state index contributed by atoms with van der Waals surface area (Å²) < 4.78 is 5.62. The number of hydrogen-bond donors (Lipinski definition) is 2. The van der Waals surface area contributed by atoms with Crippen LogP contribution in [0.5, 0.6) is 0 Å². The van der Waals surface area contributed by atoms with Crippen molar-refractivity contribution in [2.75, 3.05) is 23.7 Å². The van der Waals surface area contributed by atoms with Gasteiger partial charge in [-0.25, -0.2) is 4.79 Å². The summed E-state index contributed by atoms with van der Waals surface area (Å²) >= 11 is 0. The van der Waals surface area contributed by atoms with Crippen molar-refractivity contribution in [3.63, 3.8) is 0 Å².